The number of nitrogens with one attached hydrogen (secondary N) is 1. The highest BCUT2D eigenvalue weighted by Gasteiger charge is 2.19. The van der Waals surface area contributed by atoms with Crippen LogP contribution in [0, 0.1) is 0 Å². The van der Waals surface area contributed by atoms with E-state index >= 15 is 0 Å². The van der Waals surface area contributed by atoms with Gasteiger partial charge in [-0.25, -0.2) is 9.67 Å². The molecule has 1 heterocycles. The lowest BCUT2D eigenvalue weighted by molar-refractivity contribution is 0.438. The maximum Gasteiger partial charge on any atom is 0.141 e. The Morgan fingerprint density at radius 2 is 2.27 bits per heavy atom. The summed E-state index contributed by atoms with van der Waals surface area (Å²) in [7, 11) is 0. The molecule has 0 unspecified atom stereocenters. The summed E-state index contributed by atoms with van der Waals surface area (Å²) in [5.41, 5.74) is 0. The minimum Gasteiger partial charge on any atom is -0.310 e. The fourth-order valence-corrected chi connectivity index (χ4v) is 2.23. The third-order valence-electron chi connectivity index (χ3n) is 3.03. The minimum absolute atomic E-state index is 0.603. The van der Waals surface area contributed by atoms with Crippen LogP contribution in [0.5, 0.6) is 0 Å². The lowest BCUT2D eigenvalue weighted by Crippen LogP contribution is -2.19. The van der Waals surface area contributed by atoms with Crippen LogP contribution >= 0.6 is 0 Å². The summed E-state index contributed by atoms with van der Waals surface area (Å²) in [4.78, 5) is 4.32. The van der Waals surface area contributed by atoms with Crippen LogP contribution in [0.3, 0.4) is 0 Å². The number of hydrogen-bond acceptors (Lipinski definition) is 3. The van der Waals surface area contributed by atoms with E-state index in [1.807, 2.05) is 0 Å². The molecule has 0 aromatic carbocycles. The molecular formula is C11H20N4. The fraction of sp³-hybridized carbons (Fsp3) is 0.818. The third-order valence-corrected chi connectivity index (χ3v) is 3.03. The Kier molecular flexibility index (Phi) is 3.72. The van der Waals surface area contributed by atoms with Gasteiger partial charge < -0.3 is 5.32 Å². The van der Waals surface area contributed by atoms with E-state index in [0.717, 1.165) is 25.3 Å². The van der Waals surface area contributed by atoms with E-state index < -0.39 is 0 Å². The minimum atomic E-state index is 0.603. The Labute approximate surface area is 91.1 Å². The summed E-state index contributed by atoms with van der Waals surface area (Å²) in [5, 5.41) is 7.72. The van der Waals surface area contributed by atoms with E-state index in [4.69, 9.17) is 0 Å². The zero-order valence-corrected chi connectivity index (χ0v) is 9.45. The smallest absolute Gasteiger partial charge is 0.141 e. The van der Waals surface area contributed by atoms with Gasteiger partial charge in [0.05, 0.1) is 12.6 Å². The highest BCUT2D eigenvalue weighted by Crippen LogP contribution is 2.29. The van der Waals surface area contributed by atoms with Crippen LogP contribution in [-0.2, 0) is 6.54 Å². The first-order valence-electron chi connectivity index (χ1n) is 6.01. The van der Waals surface area contributed by atoms with Gasteiger partial charge in [-0.15, -0.1) is 0 Å². The molecule has 0 saturated heterocycles. The van der Waals surface area contributed by atoms with Crippen LogP contribution in [0.4, 0.5) is 0 Å². The molecule has 1 aliphatic rings. The van der Waals surface area contributed by atoms with Gasteiger partial charge in [-0.05, 0) is 25.8 Å². The van der Waals surface area contributed by atoms with Crippen molar-refractivity contribution < 1.29 is 0 Å². The largest absolute Gasteiger partial charge is 0.310 e. The predicted molar refractivity (Wildman–Crippen MR) is 59.5 cm³/mol. The summed E-state index contributed by atoms with van der Waals surface area (Å²) < 4.78 is 2.12. The lowest BCUT2D eigenvalue weighted by atomic mass is 10.2. The van der Waals surface area contributed by atoms with Crippen LogP contribution in [0.15, 0.2) is 6.33 Å². The summed E-state index contributed by atoms with van der Waals surface area (Å²) in [6.45, 7) is 4.08. The second-order valence-electron chi connectivity index (χ2n) is 4.24. The van der Waals surface area contributed by atoms with Crippen LogP contribution in [0.25, 0.3) is 0 Å². The van der Waals surface area contributed by atoms with Crippen molar-refractivity contribution in [1.29, 1.82) is 0 Å². The van der Waals surface area contributed by atoms with Crippen molar-refractivity contribution in [2.75, 3.05) is 6.54 Å². The molecule has 1 fully saturated rings. The average molecular weight is 208 g/mol. The molecule has 1 aliphatic carbocycles. The number of rotatable bonds is 5. The Morgan fingerprint density at radius 1 is 1.47 bits per heavy atom. The normalized spacial score (nSPS) is 17.4. The van der Waals surface area contributed by atoms with Crippen molar-refractivity contribution in [2.24, 2.45) is 0 Å². The van der Waals surface area contributed by atoms with E-state index in [0.29, 0.717) is 6.04 Å². The number of nitrogens with zero attached hydrogens (tertiary/aromatic N) is 3. The standard InChI is InChI=1S/C11H20N4/c1-2-7-12-8-11-13-9-14-15(11)10-5-3-4-6-10/h9-10,12H,2-8H2,1H3. The SMILES string of the molecule is CCCNCc1ncnn1C1CCCC1. The van der Waals surface area contributed by atoms with Gasteiger partial charge in [0.1, 0.15) is 12.2 Å². The first kappa shape index (κ1) is 10.6. The van der Waals surface area contributed by atoms with Crippen molar-refractivity contribution in [3.05, 3.63) is 12.2 Å². The molecule has 0 radical (unpaired) electrons. The number of aromatic nitrogens is 3. The average Bonchev–Trinajstić information content (AvgIpc) is 2.87. The van der Waals surface area contributed by atoms with Gasteiger partial charge in [-0.2, -0.15) is 5.10 Å². The van der Waals surface area contributed by atoms with Crippen molar-refractivity contribution >= 4 is 0 Å². The molecule has 1 N–H and O–H groups in total. The molecule has 2 rings (SSSR count). The predicted octanol–water partition coefficient (Wildman–Crippen LogP) is 1.89. The molecule has 4 heteroatoms. The summed E-state index contributed by atoms with van der Waals surface area (Å²) in [5.74, 6) is 1.09. The summed E-state index contributed by atoms with van der Waals surface area (Å²) in [6, 6.07) is 0.603. The zero-order chi connectivity index (χ0) is 10.5. The quantitative estimate of drug-likeness (QED) is 0.751. The van der Waals surface area contributed by atoms with Gasteiger partial charge in [-0.3, -0.25) is 0 Å². The van der Waals surface area contributed by atoms with E-state index in [1.165, 1.54) is 25.7 Å². The van der Waals surface area contributed by atoms with Crippen molar-refractivity contribution in [2.45, 2.75) is 51.6 Å². The van der Waals surface area contributed by atoms with Gasteiger partial charge in [0.15, 0.2) is 0 Å². The topological polar surface area (TPSA) is 42.7 Å². The molecule has 0 aliphatic heterocycles. The van der Waals surface area contributed by atoms with Gasteiger partial charge in [0.2, 0.25) is 0 Å². The Bertz CT molecular complexity index is 289. The molecule has 15 heavy (non-hydrogen) atoms. The van der Waals surface area contributed by atoms with Crippen molar-refractivity contribution in [3.63, 3.8) is 0 Å². The highest BCUT2D eigenvalue weighted by molar-refractivity contribution is 4.88. The molecular weight excluding hydrogens is 188 g/mol. The zero-order valence-electron chi connectivity index (χ0n) is 9.45. The third kappa shape index (κ3) is 2.56. The fourth-order valence-electron chi connectivity index (χ4n) is 2.23. The molecule has 1 aromatic rings. The molecule has 1 aromatic heterocycles. The Morgan fingerprint density at radius 3 is 3.00 bits per heavy atom. The Balaban J connectivity index is 1.95. The van der Waals surface area contributed by atoms with Crippen LogP contribution in [-0.4, -0.2) is 21.3 Å². The van der Waals surface area contributed by atoms with E-state index in [-0.39, 0.29) is 0 Å². The molecule has 84 valence electrons. The summed E-state index contributed by atoms with van der Waals surface area (Å²) >= 11 is 0. The molecule has 0 spiro atoms. The molecule has 0 atom stereocenters. The van der Waals surface area contributed by atoms with Crippen molar-refractivity contribution in [1.82, 2.24) is 20.1 Å². The molecule has 4 nitrogen and oxygen atoms in total. The van der Waals surface area contributed by atoms with E-state index in [1.54, 1.807) is 6.33 Å². The van der Waals surface area contributed by atoms with Crippen molar-refractivity contribution in [3.8, 4) is 0 Å². The van der Waals surface area contributed by atoms with E-state index in [2.05, 4.69) is 27.0 Å². The monoisotopic (exact) mass is 208 g/mol. The summed E-state index contributed by atoms with van der Waals surface area (Å²) in [6.07, 6.45) is 8.06. The van der Waals surface area contributed by atoms with Crippen LogP contribution in [0.2, 0.25) is 0 Å². The second-order valence-corrected chi connectivity index (χ2v) is 4.24. The molecule has 1 saturated carbocycles. The second kappa shape index (κ2) is 5.26. The number of hydrogen-bond donors (Lipinski definition) is 1. The molecule has 0 amide bonds. The van der Waals surface area contributed by atoms with E-state index in [9.17, 15) is 0 Å². The van der Waals surface area contributed by atoms with Gasteiger partial charge in [0.25, 0.3) is 0 Å². The maximum absolute atomic E-state index is 4.34. The van der Waals surface area contributed by atoms with Gasteiger partial charge >= 0.3 is 0 Å². The van der Waals surface area contributed by atoms with Gasteiger partial charge in [0, 0.05) is 0 Å². The molecule has 0 bridgehead atoms. The van der Waals surface area contributed by atoms with Crippen LogP contribution in [0.1, 0.15) is 50.9 Å². The maximum atomic E-state index is 4.34. The Hall–Kier alpha value is -0.900. The first-order chi connectivity index (χ1) is 7.42. The lowest BCUT2D eigenvalue weighted by Gasteiger charge is -2.12. The van der Waals surface area contributed by atoms with Gasteiger partial charge in [-0.1, -0.05) is 19.8 Å². The van der Waals surface area contributed by atoms with Crippen LogP contribution < -0.4 is 5.32 Å². The first-order valence-corrected chi connectivity index (χ1v) is 6.01. The highest BCUT2D eigenvalue weighted by atomic mass is 15.4.